The summed E-state index contributed by atoms with van der Waals surface area (Å²) in [4.78, 5) is 11.8. The van der Waals surface area contributed by atoms with Crippen LogP contribution < -0.4 is 19.5 Å². The van der Waals surface area contributed by atoms with Crippen LogP contribution in [-0.2, 0) is 11.0 Å². The number of carbonyl (C=O) groups excluding carboxylic acids is 1. The van der Waals surface area contributed by atoms with Gasteiger partial charge in [-0.15, -0.1) is 0 Å². The number of hydrogen-bond acceptors (Lipinski definition) is 4. The van der Waals surface area contributed by atoms with E-state index < -0.39 is 24.3 Å². The molecule has 126 valence electrons. The van der Waals surface area contributed by atoms with Gasteiger partial charge < -0.3 is 19.5 Å². The zero-order valence-corrected chi connectivity index (χ0v) is 12.2. The lowest BCUT2D eigenvalue weighted by atomic mass is 10.2. The van der Waals surface area contributed by atoms with E-state index in [4.69, 9.17) is 14.2 Å². The van der Waals surface area contributed by atoms with E-state index in [1.807, 2.05) is 0 Å². The number of fused-ring (bicyclic) bond motifs is 1. The number of hydrogen-bond donors (Lipinski definition) is 1. The number of alkyl halides is 3. The molecule has 1 heterocycles. The topological polar surface area (TPSA) is 56.8 Å². The molecule has 1 N–H and O–H groups in total. The van der Waals surface area contributed by atoms with Crippen molar-refractivity contribution in [2.24, 2.45) is 0 Å². The van der Waals surface area contributed by atoms with Crippen LogP contribution in [0, 0.1) is 0 Å². The molecule has 0 saturated heterocycles. The fourth-order valence-corrected chi connectivity index (χ4v) is 2.08. The quantitative estimate of drug-likeness (QED) is 0.927. The summed E-state index contributed by atoms with van der Waals surface area (Å²) in [5.41, 5.74) is -0.368. The van der Waals surface area contributed by atoms with Crippen molar-refractivity contribution in [3.8, 4) is 17.2 Å². The third kappa shape index (κ3) is 3.70. The largest absolute Gasteiger partial charge is 0.484 e. The summed E-state index contributed by atoms with van der Waals surface area (Å²) in [5, 5.41) is 2.57. The number of amides is 1. The molecule has 8 heteroatoms. The Hall–Kier alpha value is -2.90. The second-order valence-electron chi connectivity index (χ2n) is 4.93. The first-order valence-electron chi connectivity index (χ1n) is 6.91. The maximum atomic E-state index is 12.6. The number of anilines is 1. The highest BCUT2D eigenvalue weighted by atomic mass is 19.4. The minimum Gasteiger partial charge on any atom is -0.484 e. The van der Waals surface area contributed by atoms with Crippen molar-refractivity contribution in [1.29, 1.82) is 0 Å². The monoisotopic (exact) mass is 339 g/mol. The van der Waals surface area contributed by atoms with E-state index in [-0.39, 0.29) is 12.5 Å². The van der Waals surface area contributed by atoms with Gasteiger partial charge in [0.15, 0.2) is 18.1 Å². The first-order chi connectivity index (χ1) is 11.4. The highest BCUT2D eigenvalue weighted by Crippen LogP contribution is 2.34. The zero-order chi connectivity index (χ0) is 17.2. The molecule has 1 aliphatic heterocycles. The molecular weight excluding hydrogens is 327 g/mol. The number of ether oxygens (including phenoxy) is 3. The maximum absolute atomic E-state index is 12.6. The average molecular weight is 339 g/mol. The first kappa shape index (κ1) is 16.0. The summed E-state index contributed by atoms with van der Waals surface area (Å²) < 4.78 is 53.3. The van der Waals surface area contributed by atoms with Gasteiger partial charge in [0.2, 0.25) is 6.79 Å². The number of nitrogens with one attached hydrogen (secondary N) is 1. The molecule has 2 aromatic rings. The van der Waals surface area contributed by atoms with Crippen LogP contribution in [-0.4, -0.2) is 19.3 Å². The zero-order valence-electron chi connectivity index (χ0n) is 12.2. The Morgan fingerprint density at radius 1 is 1.12 bits per heavy atom. The highest BCUT2D eigenvalue weighted by Gasteiger charge is 2.30. The van der Waals surface area contributed by atoms with E-state index in [9.17, 15) is 18.0 Å². The Labute approximate surface area is 134 Å². The van der Waals surface area contributed by atoms with Gasteiger partial charge in [-0.05, 0) is 30.3 Å². The van der Waals surface area contributed by atoms with E-state index in [2.05, 4.69) is 5.32 Å². The van der Waals surface area contributed by atoms with Gasteiger partial charge in [-0.2, -0.15) is 13.2 Å². The van der Waals surface area contributed by atoms with Crippen molar-refractivity contribution in [1.82, 2.24) is 0 Å². The van der Waals surface area contributed by atoms with Crippen molar-refractivity contribution in [2.45, 2.75) is 6.18 Å². The molecule has 0 radical (unpaired) electrons. The van der Waals surface area contributed by atoms with Crippen molar-refractivity contribution >= 4 is 11.6 Å². The van der Waals surface area contributed by atoms with Crippen LogP contribution >= 0.6 is 0 Å². The molecule has 0 spiro atoms. The molecule has 0 atom stereocenters. The Balaban J connectivity index is 1.58. The molecule has 3 rings (SSSR count). The Kier molecular flexibility index (Phi) is 4.20. The minimum atomic E-state index is -4.46. The lowest BCUT2D eigenvalue weighted by Gasteiger charge is -2.10. The SMILES string of the molecule is O=C(COc1cccc(C(F)(F)F)c1)Nc1ccc2c(c1)OCO2. The molecule has 24 heavy (non-hydrogen) atoms. The third-order valence-corrected chi connectivity index (χ3v) is 3.19. The first-order valence-corrected chi connectivity index (χ1v) is 6.91. The fraction of sp³-hybridized carbons (Fsp3) is 0.188. The second kappa shape index (κ2) is 6.31. The van der Waals surface area contributed by atoms with E-state index in [1.165, 1.54) is 12.1 Å². The Bertz CT molecular complexity index is 761. The van der Waals surface area contributed by atoms with Crippen molar-refractivity contribution in [2.75, 3.05) is 18.7 Å². The van der Waals surface area contributed by atoms with Crippen LogP contribution in [0.25, 0.3) is 0 Å². The van der Waals surface area contributed by atoms with Crippen LogP contribution in [0.4, 0.5) is 18.9 Å². The van der Waals surface area contributed by atoms with Crippen LogP contribution in [0.1, 0.15) is 5.56 Å². The summed E-state index contributed by atoms with van der Waals surface area (Å²) >= 11 is 0. The normalized spacial score (nSPS) is 12.8. The van der Waals surface area contributed by atoms with Gasteiger partial charge in [-0.25, -0.2) is 0 Å². The Morgan fingerprint density at radius 2 is 1.92 bits per heavy atom. The van der Waals surface area contributed by atoms with Crippen LogP contribution in [0.2, 0.25) is 0 Å². The van der Waals surface area contributed by atoms with Crippen molar-refractivity contribution < 1.29 is 32.2 Å². The summed E-state index contributed by atoms with van der Waals surface area (Å²) in [6, 6.07) is 9.19. The molecule has 1 aliphatic rings. The van der Waals surface area contributed by atoms with Crippen molar-refractivity contribution in [3.63, 3.8) is 0 Å². The molecule has 0 unspecified atom stereocenters. The average Bonchev–Trinajstić information content (AvgIpc) is 3.00. The summed E-state index contributed by atoms with van der Waals surface area (Å²) in [6.45, 7) is -0.304. The molecule has 2 aromatic carbocycles. The lowest BCUT2D eigenvalue weighted by Crippen LogP contribution is -2.20. The predicted molar refractivity (Wildman–Crippen MR) is 78.1 cm³/mol. The minimum absolute atomic E-state index is 0.0364. The van der Waals surface area contributed by atoms with Crippen molar-refractivity contribution in [3.05, 3.63) is 48.0 Å². The summed E-state index contributed by atoms with van der Waals surface area (Å²) in [6.07, 6.45) is -4.46. The Morgan fingerprint density at radius 3 is 2.71 bits per heavy atom. The second-order valence-corrected chi connectivity index (χ2v) is 4.93. The van der Waals surface area contributed by atoms with Gasteiger partial charge in [0.25, 0.3) is 5.91 Å². The molecule has 5 nitrogen and oxygen atoms in total. The number of benzene rings is 2. The molecule has 0 bridgehead atoms. The number of carbonyl (C=O) groups is 1. The molecule has 0 aliphatic carbocycles. The van der Waals surface area contributed by atoms with E-state index in [0.717, 1.165) is 12.1 Å². The van der Waals surface area contributed by atoms with E-state index >= 15 is 0 Å². The summed E-state index contributed by atoms with van der Waals surface area (Å²) in [7, 11) is 0. The smallest absolute Gasteiger partial charge is 0.416 e. The van der Waals surface area contributed by atoms with Gasteiger partial charge in [0, 0.05) is 11.8 Å². The molecule has 0 fully saturated rings. The molecule has 1 amide bonds. The van der Waals surface area contributed by atoms with Crippen LogP contribution in [0.3, 0.4) is 0 Å². The van der Waals surface area contributed by atoms with E-state index in [0.29, 0.717) is 17.2 Å². The van der Waals surface area contributed by atoms with E-state index in [1.54, 1.807) is 18.2 Å². The van der Waals surface area contributed by atoms with Crippen LogP contribution in [0.15, 0.2) is 42.5 Å². The molecule has 0 aromatic heterocycles. The van der Waals surface area contributed by atoms with Gasteiger partial charge >= 0.3 is 6.18 Å². The maximum Gasteiger partial charge on any atom is 0.416 e. The van der Waals surface area contributed by atoms with Gasteiger partial charge in [0.05, 0.1) is 5.56 Å². The predicted octanol–water partition coefficient (Wildman–Crippen LogP) is 3.45. The van der Waals surface area contributed by atoms with Crippen LogP contribution in [0.5, 0.6) is 17.2 Å². The molecule has 0 saturated carbocycles. The summed E-state index contributed by atoms with van der Waals surface area (Å²) in [5.74, 6) is 0.539. The van der Waals surface area contributed by atoms with Gasteiger partial charge in [0.1, 0.15) is 5.75 Å². The highest BCUT2D eigenvalue weighted by molar-refractivity contribution is 5.92. The molecular formula is C16H12F3NO4. The fourth-order valence-electron chi connectivity index (χ4n) is 2.08. The van der Waals surface area contributed by atoms with Gasteiger partial charge in [-0.3, -0.25) is 4.79 Å². The standard InChI is InChI=1S/C16H12F3NO4/c17-16(18,19)10-2-1-3-12(6-10)22-8-15(21)20-11-4-5-13-14(7-11)24-9-23-13/h1-7H,8-9H2,(H,20,21). The van der Waals surface area contributed by atoms with Gasteiger partial charge in [-0.1, -0.05) is 6.07 Å². The number of rotatable bonds is 4. The third-order valence-electron chi connectivity index (χ3n) is 3.19. The lowest BCUT2D eigenvalue weighted by molar-refractivity contribution is -0.137. The number of halogens is 3.